The number of hydrogen-bond donors (Lipinski definition) is 1. The molecule has 0 bridgehead atoms. The molecular weight excluding hydrogens is 240 g/mol. The first-order valence-electron chi connectivity index (χ1n) is 7.77. The van der Waals surface area contributed by atoms with Gasteiger partial charge in [0.25, 0.3) is 0 Å². The molecule has 0 aromatic rings. The van der Waals surface area contributed by atoms with Crippen LogP contribution in [-0.2, 0) is 9.53 Å². The van der Waals surface area contributed by atoms with Gasteiger partial charge >= 0.3 is 0 Å². The van der Waals surface area contributed by atoms with Crippen LogP contribution in [0.4, 0.5) is 0 Å². The Morgan fingerprint density at radius 2 is 1.84 bits per heavy atom. The summed E-state index contributed by atoms with van der Waals surface area (Å²) in [6.45, 7) is 4.96. The van der Waals surface area contributed by atoms with Crippen LogP contribution in [0.5, 0.6) is 0 Å². The molecule has 0 unspecified atom stereocenters. The van der Waals surface area contributed by atoms with Crippen LogP contribution < -0.4 is 5.32 Å². The van der Waals surface area contributed by atoms with Gasteiger partial charge in [-0.2, -0.15) is 0 Å². The van der Waals surface area contributed by atoms with E-state index in [0.29, 0.717) is 11.8 Å². The summed E-state index contributed by atoms with van der Waals surface area (Å²) >= 11 is 0. The third kappa shape index (κ3) is 4.77. The zero-order valence-corrected chi connectivity index (χ0v) is 12.2. The Labute approximate surface area is 116 Å². The van der Waals surface area contributed by atoms with Crippen molar-refractivity contribution in [2.24, 2.45) is 11.8 Å². The number of hydrogen-bond acceptors (Lipinski definition) is 3. The van der Waals surface area contributed by atoms with Gasteiger partial charge in [0.2, 0.25) is 5.91 Å². The molecule has 1 amide bonds. The van der Waals surface area contributed by atoms with Crippen LogP contribution in [0.3, 0.4) is 0 Å². The summed E-state index contributed by atoms with van der Waals surface area (Å²) in [5.74, 6) is 1.78. The number of rotatable bonds is 5. The molecule has 110 valence electrons. The molecule has 2 rings (SSSR count). The number of amides is 1. The Morgan fingerprint density at radius 1 is 1.16 bits per heavy atom. The topological polar surface area (TPSA) is 41.6 Å². The van der Waals surface area contributed by atoms with E-state index in [-0.39, 0.29) is 0 Å². The van der Waals surface area contributed by atoms with Gasteiger partial charge in [0, 0.05) is 33.2 Å². The highest BCUT2D eigenvalue weighted by molar-refractivity contribution is 5.76. The fraction of sp³-hybridized carbons (Fsp3) is 0.933. The molecular formula is C15H28N2O2. The van der Waals surface area contributed by atoms with E-state index < -0.39 is 0 Å². The van der Waals surface area contributed by atoms with Gasteiger partial charge < -0.3 is 15.0 Å². The molecule has 2 aliphatic rings. The highest BCUT2D eigenvalue weighted by Crippen LogP contribution is 2.21. The van der Waals surface area contributed by atoms with E-state index in [4.69, 9.17) is 4.74 Å². The van der Waals surface area contributed by atoms with Gasteiger partial charge in [0.15, 0.2) is 0 Å². The average molecular weight is 268 g/mol. The Kier molecular flexibility index (Phi) is 6.11. The minimum Gasteiger partial charge on any atom is -0.384 e. The molecule has 2 saturated heterocycles. The predicted molar refractivity (Wildman–Crippen MR) is 76.0 cm³/mol. The van der Waals surface area contributed by atoms with Crippen LogP contribution in [0.2, 0.25) is 0 Å². The second kappa shape index (κ2) is 7.85. The first-order chi connectivity index (χ1) is 9.29. The molecule has 2 aliphatic heterocycles. The molecule has 0 saturated carbocycles. The standard InChI is InChI=1S/C15H28N2O2/c1-19-12-14-6-10-17(11-7-14)15(18)3-2-13-4-8-16-9-5-13/h13-14,16H,2-12H2,1H3. The van der Waals surface area contributed by atoms with Crippen molar-refractivity contribution in [2.45, 2.75) is 38.5 Å². The molecule has 19 heavy (non-hydrogen) atoms. The van der Waals surface area contributed by atoms with E-state index in [1.165, 1.54) is 12.8 Å². The van der Waals surface area contributed by atoms with Crippen molar-refractivity contribution in [1.29, 1.82) is 0 Å². The Morgan fingerprint density at radius 3 is 2.47 bits per heavy atom. The maximum absolute atomic E-state index is 12.2. The molecule has 0 aliphatic carbocycles. The summed E-state index contributed by atoms with van der Waals surface area (Å²) in [5, 5.41) is 3.38. The number of methoxy groups -OCH3 is 1. The van der Waals surface area contributed by atoms with E-state index in [1.54, 1.807) is 7.11 Å². The molecule has 0 aromatic carbocycles. The second-order valence-corrected chi connectivity index (χ2v) is 6.01. The number of piperidine rings is 2. The van der Waals surface area contributed by atoms with Crippen molar-refractivity contribution in [1.82, 2.24) is 10.2 Å². The molecule has 2 heterocycles. The lowest BCUT2D eigenvalue weighted by Crippen LogP contribution is -2.39. The SMILES string of the molecule is COCC1CCN(C(=O)CCC2CCNCC2)CC1. The molecule has 0 atom stereocenters. The van der Waals surface area contributed by atoms with Crippen molar-refractivity contribution < 1.29 is 9.53 Å². The van der Waals surface area contributed by atoms with Gasteiger partial charge in [0.1, 0.15) is 0 Å². The van der Waals surface area contributed by atoms with Crippen molar-refractivity contribution in [2.75, 3.05) is 39.9 Å². The number of ether oxygens (including phenoxy) is 1. The fourth-order valence-electron chi connectivity index (χ4n) is 3.24. The Balaban J connectivity index is 1.63. The normalized spacial score (nSPS) is 22.7. The molecule has 1 N–H and O–H groups in total. The number of nitrogens with one attached hydrogen (secondary N) is 1. The number of carbonyl (C=O) groups excluding carboxylic acids is 1. The fourth-order valence-corrected chi connectivity index (χ4v) is 3.24. The molecule has 2 fully saturated rings. The minimum atomic E-state index is 0.370. The molecule has 0 radical (unpaired) electrons. The van der Waals surface area contributed by atoms with Crippen molar-refractivity contribution in [3.05, 3.63) is 0 Å². The van der Waals surface area contributed by atoms with Gasteiger partial charge in [-0.1, -0.05) is 0 Å². The second-order valence-electron chi connectivity index (χ2n) is 6.01. The maximum atomic E-state index is 12.2. The summed E-state index contributed by atoms with van der Waals surface area (Å²) in [7, 11) is 1.76. The first kappa shape index (κ1) is 14.8. The molecule has 0 aromatic heterocycles. The van der Waals surface area contributed by atoms with Gasteiger partial charge in [-0.05, 0) is 57.0 Å². The predicted octanol–water partition coefficient (Wildman–Crippen LogP) is 1.65. The van der Waals surface area contributed by atoms with E-state index in [2.05, 4.69) is 10.2 Å². The van der Waals surface area contributed by atoms with Gasteiger partial charge in [-0.3, -0.25) is 4.79 Å². The third-order valence-corrected chi connectivity index (χ3v) is 4.59. The van der Waals surface area contributed by atoms with E-state index in [9.17, 15) is 4.79 Å². The van der Waals surface area contributed by atoms with Crippen LogP contribution in [0.15, 0.2) is 0 Å². The van der Waals surface area contributed by atoms with E-state index >= 15 is 0 Å². The highest BCUT2D eigenvalue weighted by Gasteiger charge is 2.23. The van der Waals surface area contributed by atoms with Crippen LogP contribution in [0.25, 0.3) is 0 Å². The lowest BCUT2D eigenvalue weighted by atomic mass is 9.92. The summed E-state index contributed by atoms with van der Waals surface area (Å²) in [5.41, 5.74) is 0. The smallest absolute Gasteiger partial charge is 0.222 e. The number of nitrogens with zero attached hydrogens (tertiary/aromatic N) is 1. The zero-order valence-electron chi connectivity index (χ0n) is 12.2. The van der Waals surface area contributed by atoms with Gasteiger partial charge in [-0.15, -0.1) is 0 Å². The summed E-state index contributed by atoms with van der Waals surface area (Å²) in [6, 6.07) is 0. The summed E-state index contributed by atoms with van der Waals surface area (Å²) in [6.07, 6.45) is 6.52. The van der Waals surface area contributed by atoms with E-state index in [1.807, 2.05) is 0 Å². The van der Waals surface area contributed by atoms with Crippen molar-refractivity contribution in [3.8, 4) is 0 Å². The summed E-state index contributed by atoms with van der Waals surface area (Å²) < 4.78 is 5.19. The lowest BCUT2D eigenvalue weighted by molar-refractivity contribution is -0.133. The van der Waals surface area contributed by atoms with Crippen LogP contribution in [0.1, 0.15) is 38.5 Å². The molecule has 4 heteroatoms. The number of likely N-dealkylation sites (tertiary alicyclic amines) is 1. The lowest BCUT2D eigenvalue weighted by Gasteiger charge is -2.32. The quantitative estimate of drug-likeness (QED) is 0.824. The summed E-state index contributed by atoms with van der Waals surface area (Å²) in [4.78, 5) is 14.2. The average Bonchev–Trinajstić information content (AvgIpc) is 2.47. The number of carbonyl (C=O) groups is 1. The van der Waals surface area contributed by atoms with Crippen molar-refractivity contribution >= 4 is 5.91 Å². The largest absolute Gasteiger partial charge is 0.384 e. The van der Waals surface area contributed by atoms with E-state index in [0.717, 1.165) is 64.4 Å². The van der Waals surface area contributed by atoms with Gasteiger partial charge in [-0.25, -0.2) is 0 Å². The monoisotopic (exact) mass is 268 g/mol. The third-order valence-electron chi connectivity index (χ3n) is 4.59. The molecule has 4 nitrogen and oxygen atoms in total. The van der Waals surface area contributed by atoms with Crippen LogP contribution in [0, 0.1) is 11.8 Å². The maximum Gasteiger partial charge on any atom is 0.222 e. The first-order valence-corrected chi connectivity index (χ1v) is 7.77. The van der Waals surface area contributed by atoms with Crippen LogP contribution >= 0.6 is 0 Å². The zero-order chi connectivity index (χ0) is 13.5. The Hall–Kier alpha value is -0.610. The van der Waals surface area contributed by atoms with Crippen LogP contribution in [-0.4, -0.2) is 50.7 Å². The molecule has 0 spiro atoms. The minimum absolute atomic E-state index is 0.370. The Bertz CT molecular complexity index is 269. The highest BCUT2D eigenvalue weighted by atomic mass is 16.5. The van der Waals surface area contributed by atoms with Gasteiger partial charge in [0.05, 0.1) is 0 Å². The van der Waals surface area contributed by atoms with Crippen molar-refractivity contribution in [3.63, 3.8) is 0 Å².